The van der Waals surface area contributed by atoms with Crippen LogP contribution in [0.1, 0.15) is 45.7 Å². The number of hydrogen-bond donors (Lipinski definition) is 1. The van der Waals surface area contributed by atoms with Crippen LogP contribution in [0.15, 0.2) is 42.6 Å². The Morgan fingerprint density at radius 1 is 1.04 bits per heavy atom. The average molecular weight is 315 g/mol. The van der Waals surface area contributed by atoms with Crippen LogP contribution in [0.2, 0.25) is 0 Å². The maximum Gasteiger partial charge on any atom is 0.302 e. The van der Waals surface area contributed by atoms with Gasteiger partial charge in [0.25, 0.3) is 0 Å². The van der Waals surface area contributed by atoms with E-state index in [1.165, 1.54) is 6.92 Å². The lowest BCUT2D eigenvalue weighted by atomic mass is 10.00. The lowest BCUT2D eigenvalue weighted by molar-refractivity contribution is -0.142. The van der Waals surface area contributed by atoms with Crippen LogP contribution in [0.25, 0.3) is 16.8 Å². The van der Waals surface area contributed by atoms with Gasteiger partial charge in [0, 0.05) is 14.0 Å². The molecule has 1 N–H and O–H groups in total. The zero-order valence-electron chi connectivity index (χ0n) is 15.1. The second-order valence-electron chi connectivity index (χ2n) is 4.26. The van der Waals surface area contributed by atoms with E-state index in [1.807, 2.05) is 77.4 Å². The van der Waals surface area contributed by atoms with Crippen LogP contribution in [0.5, 0.6) is 0 Å². The molecule has 0 amide bonds. The maximum atomic E-state index is 10.9. The Bertz CT molecular complexity index is 618. The molecule has 0 unspecified atom stereocenters. The third kappa shape index (κ3) is 6.55. The van der Waals surface area contributed by atoms with Gasteiger partial charge in [0.2, 0.25) is 0 Å². The fourth-order valence-electron chi connectivity index (χ4n) is 2.01. The minimum Gasteiger partial charge on any atom is -0.461 e. The first-order valence-electron chi connectivity index (χ1n) is 8.20. The number of hydrogen-bond acceptors (Lipinski definition) is 3. The van der Waals surface area contributed by atoms with Gasteiger partial charge in [-0.15, -0.1) is 0 Å². The number of rotatable bonds is 4. The molecule has 0 aliphatic heterocycles. The molecule has 0 heterocycles. The third-order valence-electron chi connectivity index (χ3n) is 2.91. The predicted molar refractivity (Wildman–Crippen MR) is 100 cm³/mol. The van der Waals surface area contributed by atoms with Gasteiger partial charge in [-0.25, -0.2) is 0 Å². The molecule has 0 saturated heterocycles. The number of fused-ring (bicyclic) bond motifs is 1. The summed E-state index contributed by atoms with van der Waals surface area (Å²) in [4.78, 5) is 10.9. The van der Waals surface area contributed by atoms with Gasteiger partial charge >= 0.3 is 5.97 Å². The molecule has 0 saturated carbocycles. The summed E-state index contributed by atoms with van der Waals surface area (Å²) in [5, 5.41) is 5.25. The quantitative estimate of drug-likeness (QED) is 0.793. The van der Waals surface area contributed by atoms with Crippen molar-refractivity contribution in [3.63, 3.8) is 0 Å². The second-order valence-corrected chi connectivity index (χ2v) is 4.26. The van der Waals surface area contributed by atoms with E-state index in [-0.39, 0.29) is 5.97 Å². The Morgan fingerprint density at radius 2 is 1.65 bits per heavy atom. The van der Waals surface area contributed by atoms with Gasteiger partial charge in [-0.1, -0.05) is 64.1 Å². The minimum absolute atomic E-state index is 0.261. The van der Waals surface area contributed by atoms with Crippen molar-refractivity contribution in [2.45, 2.75) is 41.2 Å². The lowest BCUT2D eigenvalue weighted by Crippen LogP contribution is -1.99. The predicted octanol–water partition coefficient (Wildman–Crippen LogP) is 5.15. The monoisotopic (exact) mass is 315 g/mol. The van der Waals surface area contributed by atoms with Gasteiger partial charge in [-0.3, -0.25) is 4.79 Å². The standard InChI is InChI=1S/C16H17NO2.2C2H6/c1-12(18)19-11-14-8-7-13(9-10-17-2)15-5-3-4-6-16(14)15;2*1-2/h3-10,17H,11H2,1-2H3;2*1-2H3/b10-9+;;. The summed E-state index contributed by atoms with van der Waals surface area (Å²) in [6.07, 6.45) is 3.92. The van der Waals surface area contributed by atoms with Crippen LogP contribution in [0.4, 0.5) is 0 Å². The van der Waals surface area contributed by atoms with E-state index >= 15 is 0 Å². The van der Waals surface area contributed by atoms with Crippen LogP contribution in [0, 0.1) is 0 Å². The van der Waals surface area contributed by atoms with Gasteiger partial charge in [0.15, 0.2) is 0 Å². The maximum absolute atomic E-state index is 10.9. The molecule has 3 heteroatoms. The van der Waals surface area contributed by atoms with Crippen LogP contribution < -0.4 is 5.32 Å². The molecule has 0 spiro atoms. The SMILES string of the molecule is CC.CC.CN/C=C/c1ccc(COC(C)=O)c2ccccc12. The largest absolute Gasteiger partial charge is 0.461 e. The van der Waals surface area contributed by atoms with Crippen molar-refractivity contribution >= 4 is 22.8 Å². The summed E-state index contributed by atoms with van der Waals surface area (Å²) >= 11 is 0. The van der Waals surface area contributed by atoms with Crippen LogP contribution in [-0.4, -0.2) is 13.0 Å². The molecule has 0 atom stereocenters. The molecule has 2 rings (SSSR count). The summed E-state index contributed by atoms with van der Waals surface area (Å²) in [5.41, 5.74) is 2.16. The summed E-state index contributed by atoms with van der Waals surface area (Å²) in [6, 6.07) is 12.2. The van der Waals surface area contributed by atoms with Crippen molar-refractivity contribution in [3.8, 4) is 0 Å². The molecule has 0 bridgehead atoms. The topological polar surface area (TPSA) is 38.3 Å². The van der Waals surface area contributed by atoms with Crippen LogP contribution in [0.3, 0.4) is 0 Å². The van der Waals surface area contributed by atoms with Crippen molar-refractivity contribution in [1.82, 2.24) is 5.32 Å². The zero-order valence-corrected chi connectivity index (χ0v) is 15.1. The number of carbonyl (C=O) groups is 1. The first kappa shape index (κ1) is 20.7. The van der Waals surface area contributed by atoms with E-state index in [0.29, 0.717) is 6.61 Å². The first-order valence-corrected chi connectivity index (χ1v) is 8.20. The fraction of sp³-hybridized carbons (Fsp3) is 0.350. The summed E-state index contributed by atoms with van der Waals surface area (Å²) in [5.74, 6) is -0.261. The number of carbonyl (C=O) groups excluding carboxylic acids is 1. The number of nitrogens with one attached hydrogen (secondary N) is 1. The normalized spacial score (nSPS) is 9.48. The Labute approximate surface area is 140 Å². The molecule has 3 nitrogen and oxygen atoms in total. The van der Waals surface area contributed by atoms with Crippen molar-refractivity contribution in [2.24, 2.45) is 0 Å². The minimum atomic E-state index is -0.261. The third-order valence-corrected chi connectivity index (χ3v) is 2.91. The molecule has 0 fully saturated rings. The van der Waals surface area contributed by atoms with Gasteiger partial charge in [-0.2, -0.15) is 0 Å². The molecular formula is C20H29NO2. The average Bonchev–Trinajstić information content (AvgIpc) is 2.62. The smallest absolute Gasteiger partial charge is 0.302 e. The molecule has 23 heavy (non-hydrogen) atoms. The molecule has 2 aromatic rings. The highest BCUT2D eigenvalue weighted by Gasteiger charge is 2.05. The lowest BCUT2D eigenvalue weighted by Gasteiger charge is -2.09. The molecule has 0 aliphatic rings. The highest BCUT2D eigenvalue weighted by atomic mass is 16.5. The molecule has 0 aromatic heterocycles. The fourth-order valence-corrected chi connectivity index (χ4v) is 2.01. The zero-order chi connectivity index (χ0) is 17.7. The highest BCUT2D eigenvalue weighted by molar-refractivity contribution is 5.93. The molecule has 2 aromatic carbocycles. The molecule has 126 valence electrons. The van der Waals surface area contributed by atoms with Crippen molar-refractivity contribution in [1.29, 1.82) is 0 Å². The highest BCUT2D eigenvalue weighted by Crippen LogP contribution is 2.24. The van der Waals surface area contributed by atoms with Gasteiger partial charge in [0.1, 0.15) is 6.61 Å². The molecular weight excluding hydrogens is 286 g/mol. The van der Waals surface area contributed by atoms with E-state index in [4.69, 9.17) is 4.74 Å². The number of benzene rings is 2. The Kier molecular flexibility index (Phi) is 11.1. The van der Waals surface area contributed by atoms with Crippen molar-refractivity contribution in [3.05, 3.63) is 53.7 Å². The van der Waals surface area contributed by atoms with Crippen molar-refractivity contribution in [2.75, 3.05) is 7.05 Å². The van der Waals surface area contributed by atoms with Gasteiger partial charge < -0.3 is 10.1 Å². The van der Waals surface area contributed by atoms with E-state index in [1.54, 1.807) is 0 Å². The Morgan fingerprint density at radius 3 is 2.22 bits per heavy atom. The Hall–Kier alpha value is -2.29. The number of esters is 1. The van der Waals surface area contributed by atoms with Gasteiger partial charge in [-0.05, 0) is 34.2 Å². The van der Waals surface area contributed by atoms with Gasteiger partial charge in [0.05, 0.1) is 0 Å². The van der Waals surface area contributed by atoms with E-state index < -0.39 is 0 Å². The number of ether oxygens (including phenoxy) is 1. The van der Waals surface area contributed by atoms with Crippen molar-refractivity contribution < 1.29 is 9.53 Å². The Balaban J connectivity index is 0.00000112. The second kappa shape index (κ2) is 12.3. The summed E-state index contributed by atoms with van der Waals surface area (Å²) in [7, 11) is 1.87. The van der Waals surface area contributed by atoms with E-state index in [0.717, 1.165) is 21.9 Å². The van der Waals surface area contributed by atoms with Crippen LogP contribution >= 0.6 is 0 Å². The summed E-state index contributed by atoms with van der Waals surface area (Å²) in [6.45, 7) is 9.73. The first-order chi connectivity index (χ1) is 11.2. The molecule has 0 radical (unpaired) electrons. The van der Waals surface area contributed by atoms with E-state index in [9.17, 15) is 4.79 Å². The van der Waals surface area contributed by atoms with E-state index in [2.05, 4.69) is 11.4 Å². The molecule has 0 aliphatic carbocycles. The summed E-state index contributed by atoms with van der Waals surface area (Å²) < 4.78 is 5.09. The van der Waals surface area contributed by atoms with Crippen LogP contribution in [-0.2, 0) is 16.1 Å².